The Morgan fingerprint density at radius 1 is 1.70 bits per heavy atom. The minimum Gasteiger partial charge on any atom is -0.450 e. The van der Waals surface area contributed by atoms with Gasteiger partial charge in [0.25, 0.3) is 6.43 Å². The van der Waals surface area contributed by atoms with Crippen molar-refractivity contribution in [1.29, 1.82) is 0 Å². The monoisotopic (exact) mass is 153 g/mol. The lowest BCUT2D eigenvalue weighted by Gasteiger charge is -2.02. The quantitative estimate of drug-likeness (QED) is 0.656. The fourth-order valence-corrected chi connectivity index (χ4v) is 0.343. The molecule has 0 saturated heterocycles. The van der Waals surface area contributed by atoms with E-state index >= 15 is 0 Å². The molecule has 1 N–H and O–H groups in total. The van der Waals surface area contributed by atoms with E-state index in [9.17, 15) is 13.6 Å². The lowest BCUT2D eigenvalue weighted by molar-refractivity contribution is 0.123. The molecule has 0 aliphatic carbocycles. The highest BCUT2D eigenvalue weighted by molar-refractivity contribution is 5.66. The summed E-state index contributed by atoms with van der Waals surface area (Å²) in [6.07, 6.45) is -3.33. The van der Waals surface area contributed by atoms with Crippen LogP contribution >= 0.6 is 0 Å². The van der Waals surface area contributed by atoms with Gasteiger partial charge in [0, 0.05) is 0 Å². The maximum atomic E-state index is 11.4. The van der Waals surface area contributed by atoms with Crippen LogP contribution in [0.2, 0.25) is 0 Å². The maximum Gasteiger partial charge on any atom is 0.407 e. The molecule has 0 aromatic rings. The number of alkyl halides is 2. The van der Waals surface area contributed by atoms with Crippen LogP contribution in [-0.4, -0.2) is 25.7 Å². The van der Waals surface area contributed by atoms with E-state index in [2.05, 4.69) is 4.74 Å². The van der Waals surface area contributed by atoms with E-state index in [-0.39, 0.29) is 6.61 Å². The number of nitrogens with one attached hydrogen (secondary N) is 1. The standard InChI is InChI=1S/C5H9F2NO2/c1-2-10-5(9)8-3-4(6)7/h4H,2-3H2,1H3,(H,8,9). The lowest BCUT2D eigenvalue weighted by atomic mass is 10.7. The summed E-state index contributed by atoms with van der Waals surface area (Å²) in [6, 6.07) is 0. The second-order valence-corrected chi connectivity index (χ2v) is 1.49. The second kappa shape index (κ2) is 4.96. The van der Waals surface area contributed by atoms with Crippen LogP contribution in [0.4, 0.5) is 13.6 Å². The van der Waals surface area contributed by atoms with Gasteiger partial charge in [0.1, 0.15) is 0 Å². The highest BCUT2D eigenvalue weighted by Gasteiger charge is 2.04. The normalized spacial score (nSPS) is 9.60. The highest BCUT2D eigenvalue weighted by atomic mass is 19.3. The third-order valence-corrected chi connectivity index (χ3v) is 0.676. The first kappa shape index (κ1) is 9.13. The summed E-state index contributed by atoms with van der Waals surface area (Å²) in [7, 11) is 0. The zero-order valence-corrected chi connectivity index (χ0v) is 5.56. The summed E-state index contributed by atoms with van der Waals surface area (Å²) >= 11 is 0. The van der Waals surface area contributed by atoms with Crippen LogP contribution in [0.5, 0.6) is 0 Å². The Labute approximate surface area is 57.4 Å². The molecule has 10 heavy (non-hydrogen) atoms. The number of carbonyl (C=O) groups excluding carboxylic acids is 1. The van der Waals surface area contributed by atoms with Gasteiger partial charge in [-0.15, -0.1) is 0 Å². The maximum absolute atomic E-state index is 11.4. The third-order valence-electron chi connectivity index (χ3n) is 0.676. The summed E-state index contributed by atoms with van der Waals surface area (Å²) in [5.74, 6) is 0. The number of alkyl carbamates (subject to hydrolysis) is 1. The van der Waals surface area contributed by atoms with Crippen molar-refractivity contribution in [2.45, 2.75) is 13.3 Å². The Morgan fingerprint density at radius 3 is 2.70 bits per heavy atom. The van der Waals surface area contributed by atoms with Gasteiger partial charge in [0.05, 0.1) is 13.2 Å². The zero-order valence-electron chi connectivity index (χ0n) is 5.56. The number of hydrogen-bond donors (Lipinski definition) is 1. The molecule has 0 unspecified atom stereocenters. The van der Waals surface area contributed by atoms with Crippen LogP contribution in [0.3, 0.4) is 0 Å². The summed E-state index contributed by atoms with van der Waals surface area (Å²) < 4.78 is 27.0. The average molecular weight is 153 g/mol. The molecule has 0 saturated carbocycles. The Hall–Kier alpha value is -0.870. The summed E-state index contributed by atoms with van der Waals surface area (Å²) in [5.41, 5.74) is 0. The first-order valence-corrected chi connectivity index (χ1v) is 2.85. The second-order valence-electron chi connectivity index (χ2n) is 1.49. The molecule has 0 atom stereocenters. The molecule has 0 radical (unpaired) electrons. The van der Waals surface area contributed by atoms with Gasteiger partial charge in [-0.2, -0.15) is 0 Å². The first-order chi connectivity index (χ1) is 4.66. The largest absolute Gasteiger partial charge is 0.450 e. The van der Waals surface area contributed by atoms with Gasteiger partial charge < -0.3 is 10.1 Å². The third kappa shape index (κ3) is 5.27. The molecule has 5 heteroatoms. The minimum absolute atomic E-state index is 0.190. The number of amides is 1. The van der Waals surface area contributed by atoms with Crippen LogP contribution in [0.15, 0.2) is 0 Å². The van der Waals surface area contributed by atoms with Crippen LogP contribution in [-0.2, 0) is 4.74 Å². The smallest absolute Gasteiger partial charge is 0.407 e. The van der Waals surface area contributed by atoms with Gasteiger partial charge in [0.2, 0.25) is 0 Å². The fraction of sp³-hybridized carbons (Fsp3) is 0.800. The van der Waals surface area contributed by atoms with Gasteiger partial charge in [-0.1, -0.05) is 0 Å². The minimum atomic E-state index is -2.52. The number of halogens is 2. The molecule has 0 fully saturated rings. The number of ether oxygens (including phenoxy) is 1. The topological polar surface area (TPSA) is 38.3 Å². The van der Waals surface area contributed by atoms with Crippen LogP contribution in [0.1, 0.15) is 6.92 Å². The Morgan fingerprint density at radius 2 is 2.30 bits per heavy atom. The summed E-state index contributed by atoms with van der Waals surface area (Å²) in [6.45, 7) is 1.13. The number of carbonyl (C=O) groups is 1. The van der Waals surface area contributed by atoms with E-state index in [1.54, 1.807) is 6.92 Å². The van der Waals surface area contributed by atoms with E-state index in [0.29, 0.717) is 0 Å². The molecule has 3 nitrogen and oxygen atoms in total. The van der Waals surface area contributed by atoms with Crippen molar-refractivity contribution in [2.75, 3.05) is 13.2 Å². The van der Waals surface area contributed by atoms with Crippen molar-refractivity contribution >= 4 is 6.09 Å². The van der Waals surface area contributed by atoms with Crippen molar-refractivity contribution in [1.82, 2.24) is 5.32 Å². The van der Waals surface area contributed by atoms with E-state index in [0.717, 1.165) is 0 Å². The van der Waals surface area contributed by atoms with Crippen LogP contribution in [0.25, 0.3) is 0 Å². The van der Waals surface area contributed by atoms with Gasteiger partial charge in [-0.25, -0.2) is 13.6 Å². The Bertz CT molecular complexity index is 108. The summed E-state index contributed by atoms with van der Waals surface area (Å²) in [5, 5.41) is 1.87. The lowest BCUT2D eigenvalue weighted by Crippen LogP contribution is -2.28. The molecular formula is C5H9F2NO2. The van der Waals surface area contributed by atoms with Gasteiger partial charge in [-0.05, 0) is 6.92 Å². The predicted octanol–water partition coefficient (Wildman–Crippen LogP) is 0.998. The van der Waals surface area contributed by atoms with Crippen LogP contribution < -0.4 is 5.32 Å². The summed E-state index contributed by atoms with van der Waals surface area (Å²) in [4.78, 5) is 10.3. The molecular weight excluding hydrogens is 144 g/mol. The van der Waals surface area contributed by atoms with E-state index in [1.807, 2.05) is 5.32 Å². The van der Waals surface area contributed by atoms with Crippen molar-refractivity contribution in [3.8, 4) is 0 Å². The van der Waals surface area contributed by atoms with Crippen LogP contribution in [0, 0.1) is 0 Å². The predicted molar refractivity (Wildman–Crippen MR) is 31.0 cm³/mol. The average Bonchev–Trinajstić information content (AvgIpc) is 1.85. The van der Waals surface area contributed by atoms with Gasteiger partial charge >= 0.3 is 6.09 Å². The van der Waals surface area contributed by atoms with Crippen molar-refractivity contribution in [3.63, 3.8) is 0 Å². The first-order valence-electron chi connectivity index (χ1n) is 2.85. The Balaban J connectivity index is 3.22. The number of rotatable bonds is 3. The molecule has 0 aromatic carbocycles. The van der Waals surface area contributed by atoms with Gasteiger partial charge in [0.15, 0.2) is 0 Å². The molecule has 0 aromatic heterocycles. The zero-order chi connectivity index (χ0) is 7.98. The molecule has 0 rings (SSSR count). The highest BCUT2D eigenvalue weighted by Crippen LogP contribution is 1.87. The fourth-order valence-electron chi connectivity index (χ4n) is 0.343. The molecule has 0 heterocycles. The molecule has 0 bridgehead atoms. The molecule has 1 amide bonds. The molecule has 0 aliphatic rings. The number of hydrogen-bond acceptors (Lipinski definition) is 2. The van der Waals surface area contributed by atoms with Crippen molar-refractivity contribution in [2.24, 2.45) is 0 Å². The van der Waals surface area contributed by atoms with Crippen molar-refractivity contribution in [3.05, 3.63) is 0 Å². The van der Waals surface area contributed by atoms with E-state index in [1.165, 1.54) is 0 Å². The van der Waals surface area contributed by atoms with Crippen molar-refractivity contribution < 1.29 is 18.3 Å². The van der Waals surface area contributed by atoms with Gasteiger partial charge in [-0.3, -0.25) is 0 Å². The Kier molecular flexibility index (Phi) is 4.53. The molecule has 60 valence electrons. The van der Waals surface area contributed by atoms with E-state index in [4.69, 9.17) is 0 Å². The van der Waals surface area contributed by atoms with E-state index < -0.39 is 19.1 Å². The molecule has 0 aliphatic heterocycles. The molecule has 0 spiro atoms. The SMILES string of the molecule is CCOC(=O)NCC(F)F.